The Kier molecular flexibility index (Phi) is 4.14. The van der Waals surface area contributed by atoms with E-state index in [1.54, 1.807) is 32.9 Å². The standard InChI is InChI=1S/C21H34N2O2/c1-20(2,3)15-7-9-16(10-8-15)22-17-11-13-18(14-12-17)23-19(24)25-21(4,5)6/h7-10,17-18,22H,11-14H2,1-6H3,(H,23,24)/i11D2,12D2,17D. The lowest BCUT2D eigenvalue weighted by Crippen LogP contribution is -2.42. The molecule has 1 aromatic rings. The molecule has 2 N–H and O–H groups in total. The van der Waals surface area contributed by atoms with Gasteiger partial charge in [-0.2, -0.15) is 0 Å². The van der Waals surface area contributed by atoms with Gasteiger partial charge in [0.15, 0.2) is 0 Å². The number of alkyl carbamates (subject to hydrolysis) is 1. The Morgan fingerprint density at radius 3 is 2.16 bits per heavy atom. The summed E-state index contributed by atoms with van der Waals surface area (Å²) in [6.07, 6.45) is -5.64. The van der Waals surface area contributed by atoms with Gasteiger partial charge in [-0.05, 0) is 69.5 Å². The van der Waals surface area contributed by atoms with E-state index >= 15 is 0 Å². The van der Waals surface area contributed by atoms with Crippen molar-refractivity contribution in [3.8, 4) is 0 Å². The molecule has 0 aromatic heterocycles. The van der Waals surface area contributed by atoms with E-state index in [2.05, 4.69) is 31.4 Å². The van der Waals surface area contributed by atoms with Crippen LogP contribution in [-0.2, 0) is 10.2 Å². The second-order valence-corrected chi connectivity index (χ2v) is 8.43. The van der Waals surface area contributed by atoms with Crippen molar-refractivity contribution in [1.82, 2.24) is 5.32 Å². The summed E-state index contributed by atoms with van der Waals surface area (Å²) in [6, 6.07) is 4.27. The van der Waals surface area contributed by atoms with E-state index in [1.807, 2.05) is 12.1 Å². The zero-order valence-corrected chi connectivity index (χ0v) is 16.1. The first-order valence-electron chi connectivity index (χ1n) is 11.2. The first-order chi connectivity index (χ1) is 13.4. The second-order valence-electron chi connectivity index (χ2n) is 8.43. The maximum Gasteiger partial charge on any atom is 0.407 e. The zero-order valence-electron chi connectivity index (χ0n) is 21.1. The number of anilines is 1. The molecule has 2 rings (SSSR count). The third-order valence-corrected chi connectivity index (χ3v) is 3.79. The van der Waals surface area contributed by atoms with Gasteiger partial charge in [0.1, 0.15) is 5.60 Å². The molecule has 1 fully saturated rings. The molecule has 1 amide bonds. The van der Waals surface area contributed by atoms with E-state index in [0.29, 0.717) is 5.69 Å². The summed E-state index contributed by atoms with van der Waals surface area (Å²) in [4.78, 5) is 12.1. The molecule has 0 atom stereocenters. The van der Waals surface area contributed by atoms with Crippen molar-refractivity contribution in [2.24, 2.45) is 0 Å². The van der Waals surface area contributed by atoms with Gasteiger partial charge in [0, 0.05) is 23.2 Å². The third-order valence-electron chi connectivity index (χ3n) is 3.79. The van der Waals surface area contributed by atoms with Gasteiger partial charge in [0.25, 0.3) is 0 Å². The van der Waals surface area contributed by atoms with Crippen molar-refractivity contribution in [2.75, 3.05) is 5.32 Å². The SMILES string of the molecule is [2H]C1([2H])CC(NC(=O)OC(C)(C)C)CC([2H])([2H])C1([2H])Nc1ccc(C(C)(C)C)cc1. The Bertz CT molecular complexity index is 749. The number of carbonyl (C=O) groups is 1. The van der Waals surface area contributed by atoms with Crippen LogP contribution in [0.2, 0.25) is 0 Å². The number of hydrogen-bond acceptors (Lipinski definition) is 3. The lowest BCUT2D eigenvalue weighted by Gasteiger charge is -2.31. The Morgan fingerprint density at radius 2 is 1.68 bits per heavy atom. The summed E-state index contributed by atoms with van der Waals surface area (Å²) in [7, 11) is 0. The molecular weight excluding hydrogens is 312 g/mol. The fourth-order valence-corrected chi connectivity index (χ4v) is 2.45. The topological polar surface area (TPSA) is 50.4 Å². The molecule has 0 spiro atoms. The molecule has 0 saturated heterocycles. The van der Waals surface area contributed by atoms with Crippen LogP contribution in [0.5, 0.6) is 0 Å². The number of carbonyl (C=O) groups excluding carboxylic acids is 1. The quantitative estimate of drug-likeness (QED) is 0.784. The molecule has 0 aliphatic heterocycles. The third kappa shape index (κ3) is 6.60. The Labute approximate surface area is 159 Å². The van der Waals surface area contributed by atoms with E-state index in [9.17, 15) is 4.79 Å². The van der Waals surface area contributed by atoms with Gasteiger partial charge in [0.2, 0.25) is 0 Å². The molecule has 25 heavy (non-hydrogen) atoms. The van der Waals surface area contributed by atoms with E-state index in [0.717, 1.165) is 5.56 Å². The number of ether oxygens (including phenoxy) is 1. The molecule has 1 aliphatic rings. The fraction of sp³-hybridized carbons (Fsp3) is 0.667. The molecule has 140 valence electrons. The second kappa shape index (κ2) is 7.67. The molecule has 1 aliphatic carbocycles. The van der Waals surface area contributed by atoms with Crippen LogP contribution >= 0.6 is 0 Å². The molecule has 1 saturated carbocycles. The molecular formula is C21H34N2O2. The minimum absolute atomic E-state index is 0.0498. The zero-order chi connectivity index (χ0) is 23.2. The van der Waals surface area contributed by atoms with Crippen molar-refractivity contribution in [3.05, 3.63) is 29.8 Å². The fourth-order valence-electron chi connectivity index (χ4n) is 2.45. The summed E-state index contributed by atoms with van der Waals surface area (Å²) in [5.74, 6) is 0. The van der Waals surface area contributed by atoms with E-state index in [-0.39, 0.29) is 18.3 Å². The van der Waals surface area contributed by atoms with Gasteiger partial charge in [-0.15, -0.1) is 0 Å². The van der Waals surface area contributed by atoms with Gasteiger partial charge in [-0.1, -0.05) is 32.9 Å². The number of hydrogen-bond donors (Lipinski definition) is 2. The minimum Gasteiger partial charge on any atom is -0.444 e. The highest BCUT2D eigenvalue weighted by atomic mass is 16.6. The molecule has 0 bridgehead atoms. The van der Waals surface area contributed by atoms with Crippen molar-refractivity contribution in [2.45, 2.75) is 90.2 Å². The first kappa shape index (κ1) is 13.5. The van der Waals surface area contributed by atoms with E-state index < -0.39 is 36.5 Å². The maximum atomic E-state index is 12.1. The summed E-state index contributed by atoms with van der Waals surface area (Å²) in [6.45, 7) is 11.4. The number of benzene rings is 1. The molecule has 1 aromatic carbocycles. The molecule has 0 unspecified atom stereocenters. The minimum atomic E-state index is -2.25. The van der Waals surface area contributed by atoms with Gasteiger partial charge in [-0.3, -0.25) is 0 Å². The number of rotatable bonds is 3. The average Bonchev–Trinajstić information content (AvgIpc) is 2.50. The summed E-state index contributed by atoms with van der Waals surface area (Å²) in [5, 5.41) is 5.36. The van der Waals surface area contributed by atoms with Crippen LogP contribution in [0, 0.1) is 0 Å². The van der Waals surface area contributed by atoms with Gasteiger partial charge >= 0.3 is 6.09 Å². The monoisotopic (exact) mass is 351 g/mol. The van der Waals surface area contributed by atoms with Gasteiger partial charge in [0.05, 0.1) is 1.37 Å². The Hall–Kier alpha value is -1.71. The smallest absolute Gasteiger partial charge is 0.407 e. The predicted molar refractivity (Wildman–Crippen MR) is 104 cm³/mol. The van der Waals surface area contributed by atoms with Crippen molar-refractivity contribution in [3.63, 3.8) is 0 Å². The largest absolute Gasteiger partial charge is 0.444 e. The lowest BCUT2D eigenvalue weighted by molar-refractivity contribution is 0.0492. The average molecular weight is 352 g/mol. The van der Waals surface area contributed by atoms with E-state index in [4.69, 9.17) is 11.6 Å². The van der Waals surface area contributed by atoms with Crippen LogP contribution in [0.25, 0.3) is 0 Å². The predicted octanol–water partition coefficient (Wildman–Crippen LogP) is 5.23. The number of amides is 1. The molecule has 0 radical (unpaired) electrons. The Morgan fingerprint density at radius 1 is 1.12 bits per heavy atom. The lowest BCUT2D eigenvalue weighted by atomic mass is 9.87. The highest BCUT2D eigenvalue weighted by molar-refractivity contribution is 5.68. The van der Waals surface area contributed by atoms with Crippen molar-refractivity contribution in [1.29, 1.82) is 0 Å². The number of nitrogens with one attached hydrogen (secondary N) is 2. The first-order valence-corrected chi connectivity index (χ1v) is 8.75. The maximum absolute atomic E-state index is 12.1. The molecule has 0 heterocycles. The van der Waals surface area contributed by atoms with Crippen molar-refractivity contribution >= 4 is 11.8 Å². The van der Waals surface area contributed by atoms with Crippen LogP contribution < -0.4 is 10.6 Å². The summed E-state index contributed by atoms with van der Waals surface area (Å²) in [5.41, 5.74) is 0.801. The van der Waals surface area contributed by atoms with E-state index in [1.165, 1.54) is 0 Å². The van der Waals surface area contributed by atoms with Crippen LogP contribution in [0.15, 0.2) is 24.3 Å². The van der Waals surface area contributed by atoms with Gasteiger partial charge < -0.3 is 15.4 Å². The van der Waals surface area contributed by atoms with Crippen LogP contribution in [0.1, 0.15) is 79.5 Å². The van der Waals surface area contributed by atoms with Crippen LogP contribution in [0.4, 0.5) is 10.5 Å². The summed E-state index contributed by atoms with van der Waals surface area (Å²) >= 11 is 0. The van der Waals surface area contributed by atoms with Crippen molar-refractivity contribution < 1.29 is 16.4 Å². The highest BCUT2D eigenvalue weighted by Gasteiger charge is 2.24. The molecule has 4 nitrogen and oxygen atoms in total. The Balaban J connectivity index is 2.21. The van der Waals surface area contributed by atoms with Gasteiger partial charge in [-0.25, -0.2) is 4.79 Å². The highest BCUT2D eigenvalue weighted by Crippen LogP contribution is 2.26. The summed E-state index contributed by atoms with van der Waals surface area (Å²) < 4.78 is 47.8. The van der Waals surface area contributed by atoms with Crippen LogP contribution in [-0.4, -0.2) is 23.8 Å². The molecule has 4 heteroatoms. The normalized spacial score (nSPS) is 31.4. The van der Waals surface area contributed by atoms with Crippen LogP contribution in [0.3, 0.4) is 0 Å².